The van der Waals surface area contributed by atoms with Crippen LogP contribution in [-0.4, -0.2) is 53.8 Å². The number of amides is 1. The fourth-order valence-electron chi connectivity index (χ4n) is 3.34. The predicted molar refractivity (Wildman–Crippen MR) is 93.7 cm³/mol. The number of hydrogen-bond donors (Lipinski definition) is 1. The molecule has 1 saturated heterocycles. The molecule has 0 spiro atoms. The highest BCUT2D eigenvalue weighted by molar-refractivity contribution is 5.78. The van der Waals surface area contributed by atoms with E-state index in [1.165, 1.54) is 5.56 Å². The molecule has 1 atom stereocenters. The molecule has 2 heterocycles. The molecule has 1 fully saturated rings. The van der Waals surface area contributed by atoms with E-state index in [1.54, 1.807) is 0 Å². The quantitative estimate of drug-likeness (QED) is 0.831. The molecule has 0 aromatic carbocycles. The minimum Gasteiger partial charge on any atom is -0.363 e. The van der Waals surface area contributed by atoms with E-state index >= 15 is 0 Å². The Bertz CT molecular complexity index is 549. The topological polar surface area (TPSA) is 53.4 Å². The first-order valence-electron chi connectivity index (χ1n) is 8.55. The molecule has 1 aliphatic rings. The highest BCUT2D eigenvalue weighted by Crippen LogP contribution is 2.27. The summed E-state index contributed by atoms with van der Waals surface area (Å²) >= 11 is 0. The summed E-state index contributed by atoms with van der Waals surface area (Å²) in [5, 5.41) is 8.27. The summed E-state index contributed by atoms with van der Waals surface area (Å²) in [5.74, 6) is 1.82. The van der Waals surface area contributed by atoms with E-state index < -0.39 is 0 Å². The van der Waals surface area contributed by atoms with Crippen LogP contribution in [0.2, 0.25) is 0 Å². The van der Waals surface area contributed by atoms with Gasteiger partial charge in [-0.3, -0.25) is 9.48 Å². The minimum absolute atomic E-state index is 0.271. The van der Waals surface area contributed by atoms with E-state index in [2.05, 4.69) is 45.1 Å². The number of hydrogen-bond acceptors (Lipinski definition) is 4. The van der Waals surface area contributed by atoms with Gasteiger partial charge in [0.25, 0.3) is 0 Å². The van der Waals surface area contributed by atoms with Gasteiger partial charge in [0.1, 0.15) is 5.82 Å². The van der Waals surface area contributed by atoms with Crippen LogP contribution in [0.5, 0.6) is 0 Å². The summed E-state index contributed by atoms with van der Waals surface area (Å²) in [6.07, 6.45) is 1.70. The molecular formula is C17H31N5O. The fraction of sp³-hybridized carbons (Fsp3) is 0.765. The van der Waals surface area contributed by atoms with E-state index in [1.807, 2.05) is 16.6 Å². The van der Waals surface area contributed by atoms with Crippen LogP contribution < -0.4 is 10.2 Å². The Balaban J connectivity index is 2.05. The Hall–Kier alpha value is -1.56. The molecule has 0 radical (unpaired) electrons. The number of aromatic nitrogens is 2. The number of nitrogens with one attached hydrogen (secondary N) is 1. The predicted octanol–water partition coefficient (Wildman–Crippen LogP) is 1.71. The van der Waals surface area contributed by atoms with Crippen LogP contribution in [0.25, 0.3) is 0 Å². The largest absolute Gasteiger partial charge is 0.363 e. The lowest BCUT2D eigenvalue weighted by molar-refractivity contribution is -0.127. The molecule has 1 amide bonds. The second kappa shape index (κ2) is 7.34. The molecule has 23 heavy (non-hydrogen) atoms. The van der Waals surface area contributed by atoms with Crippen LogP contribution in [0.1, 0.15) is 50.8 Å². The fourth-order valence-corrected chi connectivity index (χ4v) is 3.34. The molecule has 1 aliphatic heterocycles. The van der Waals surface area contributed by atoms with Crippen LogP contribution in [0.4, 0.5) is 5.82 Å². The van der Waals surface area contributed by atoms with Gasteiger partial charge in [0.15, 0.2) is 0 Å². The van der Waals surface area contributed by atoms with Crippen molar-refractivity contribution in [3.05, 3.63) is 11.3 Å². The van der Waals surface area contributed by atoms with E-state index in [0.29, 0.717) is 12.3 Å². The third kappa shape index (κ3) is 4.05. The average Bonchev–Trinajstić information content (AvgIpc) is 3.00. The first-order chi connectivity index (χ1) is 10.8. The molecule has 1 aromatic rings. The van der Waals surface area contributed by atoms with Gasteiger partial charge in [-0.15, -0.1) is 0 Å². The van der Waals surface area contributed by atoms with Crippen molar-refractivity contribution >= 4 is 11.7 Å². The van der Waals surface area contributed by atoms with Gasteiger partial charge in [0.05, 0.1) is 5.69 Å². The molecular weight excluding hydrogens is 290 g/mol. The van der Waals surface area contributed by atoms with Gasteiger partial charge in [-0.1, -0.05) is 13.8 Å². The summed E-state index contributed by atoms with van der Waals surface area (Å²) in [6, 6.07) is 0.271. The van der Waals surface area contributed by atoms with Gasteiger partial charge in [-0.25, -0.2) is 0 Å². The van der Waals surface area contributed by atoms with Gasteiger partial charge in [0, 0.05) is 58.8 Å². The second-order valence-electron chi connectivity index (χ2n) is 7.09. The molecule has 0 aliphatic carbocycles. The smallest absolute Gasteiger partial charge is 0.222 e. The maximum absolute atomic E-state index is 11.8. The first kappa shape index (κ1) is 17.8. The summed E-state index contributed by atoms with van der Waals surface area (Å²) in [4.78, 5) is 15.8. The van der Waals surface area contributed by atoms with Gasteiger partial charge in [-0.2, -0.15) is 5.10 Å². The highest BCUT2D eigenvalue weighted by atomic mass is 16.2. The standard InChI is InChI=1S/C17H31N5O/c1-12(2)16-14(17(20(4)5)21(6)19-16)10-18-13(3)11-22-9-7-8-15(22)23/h12-13,18H,7-11H2,1-6H3/t13-/m0/s1. The Morgan fingerprint density at radius 2 is 2.00 bits per heavy atom. The third-order valence-electron chi connectivity index (χ3n) is 4.41. The number of carbonyl (C=O) groups is 1. The molecule has 0 bridgehead atoms. The summed E-state index contributed by atoms with van der Waals surface area (Å²) in [5.41, 5.74) is 2.40. The normalized spacial score (nSPS) is 16.5. The van der Waals surface area contributed by atoms with Gasteiger partial charge >= 0.3 is 0 Å². The summed E-state index contributed by atoms with van der Waals surface area (Å²) in [7, 11) is 6.10. The molecule has 0 saturated carbocycles. The maximum Gasteiger partial charge on any atom is 0.222 e. The Labute approximate surface area is 139 Å². The van der Waals surface area contributed by atoms with Crippen LogP contribution in [0.3, 0.4) is 0 Å². The molecule has 0 unspecified atom stereocenters. The van der Waals surface area contributed by atoms with Crippen molar-refractivity contribution in [2.24, 2.45) is 7.05 Å². The van der Waals surface area contributed by atoms with Crippen molar-refractivity contribution in [2.45, 2.75) is 52.1 Å². The lowest BCUT2D eigenvalue weighted by Gasteiger charge is -2.23. The van der Waals surface area contributed by atoms with Crippen molar-refractivity contribution in [2.75, 3.05) is 32.1 Å². The Morgan fingerprint density at radius 1 is 1.30 bits per heavy atom. The van der Waals surface area contributed by atoms with Crippen molar-refractivity contribution in [1.82, 2.24) is 20.0 Å². The average molecular weight is 321 g/mol. The Kier molecular flexibility index (Phi) is 5.68. The van der Waals surface area contributed by atoms with Crippen LogP contribution >= 0.6 is 0 Å². The Morgan fingerprint density at radius 3 is 2.52 bits per heavy atom. The SMILES string of the molecule is CC(C)c1nn(C)c(N(C)C)c1CN[C@@H](C)CN1CCCC1=O. The number of aryl methyl sites for hydroxylation is 1. The van der Waals surface area contributed by atoms with Crippen LogP contribution in [0.15, 0.2) is 0 Å². The van der Waals surface area contributed by atoms with Crippen molar-refractivity contribution in [1.29, 1.82) is 0 Å². The first-order valence-corrected chi connectivity index (χ1v) is 8.55. The molecule has 2 rings (SSSR count). The third-order valence-corrected chi connectivity index (χ3v) is 4.41. The highest BCUT2D eigenvalue weighted by Gasteiger charge is 2.23. The summed E-state index contributed by atoms with van der Waals surface area (Å²) < 4.78 is 1.96. The van der Waals surface area contributed by atoms with E-state index in [9.17, 15) is 4.79 Å². The summed E-state index contributed by atoms with van der Waals surface area (Å²) in [6.45, 7) is 8.96. The number of carbonyl (C=O) groups excluding carboxylic acids is 1. The minimum atomic E-state index is 0.271. The monoisotopic (exact) mass is 321 g/mol. The second-order valence-corrected chi connectivity index (χ2v) is 7.09. The van der Waals surface area contributed by atoms with Crippen LogP contribution in [0, 0.1) is 0 Å². The zero-order chi connectivity index (χ0) is 17.1. The van der Waals surface area contributed by atoms with Crippen molar-refractivity contribution in [3.8, 4) is 0 Å². The van der Waals surface area contributed by atoms with E-state index in [-0.39, 0.29) is 11.9 Å². The lowest BCUT2D eigenvalue weighted by atomic mass is 10.0. The molecule has 1 aromatic heterocycles. The van der Waals surface area contributed by atoms with Gasteiger partial charge in [0.2, 0.25) is 5.91 Å². The van der Waals surface area contributed by atoms with Crippen molar-refractivity contribution in [3.63, 3.8) is 0 Å². The maximum atomic E-state index is 11.8. The molecule has 6 nitrogen and oxygen atoms in total. The van der Waals surface area contributed by atoms with Crippen LogP contribution in [-0.2, 0) is 18.4 Å². The molecule has 1 N–H and O–H groups in total. The zero-order valence-corrected chi connectivity index (χ0v) is 15.4. The van der Waals surface area contributed by atoms with Gasteiger partial charge in [-0.05, 0) is 19.3 Å². The lowest BCUT2D eigenvalue weighted by Crippen LogP contribution is -2.39. The number of nitrogens with zero attached hydrogens (tertiary/aromatic N) is 4. The number of likely N-dealkylation sites (tertiary alicyclic amines) is 1. The van der Waals surface area contributed by atoms with E-state index in [0.717, 1.165) is 37.6 Å². The zero-order valence-electron chi connectivity index (χ0n) is 15.4. The molecule has 6 heteroatoms. The van der Waals surface area contributed by atoms with Crippen molar-refractivity contribution < 1.29 is 4.79 Å². The number of anilines is 1. The van der Waals surface area contributed by atoms with E-state index in [4.69, 9.17) is 5.10 Å². The van der Waals surface area contributed by atoms with Gasteiger partial charge < -0.3 is 15.1 Å². The molecule has 130 valence electrons. The number of rotatable bonds is 7.